The van der Waals surface area contributed by atoms with Crippen LogP contribution in [-0.4, -0.2) is 23.4 Å². The van der Waals surface area contributed by atoms with Crippen LogP contribution in [0.4, 0.5) is 10.5 Å². The van der Waals surface area contributed by atoms with Crippen LogP contribution in [0.5, 0.6) is 0 Å². The van der Waals surface area contributed by atoms with Crippen LogP contribution < -0.4 is 10.6 Å². The molecule has 0 aliphatic carbocycles. The number of aryl methyl sites for hydroxylation is 1. The summed E-state index contributed by atoms with van der Waals surface area (Å²) in [6.45, 7) is 4.75. The van der Waals surface area contributed by atoms with E-state index in [0.29, 0.717) is 13.1 Å². The fourth-order valence-electron chi connectivity index (χ4n) is 3.41. The minimum atomic E-state index is -0.224. The molecule has 3 amide bonds. The second-order valence-corrected chi connectivity index (χ2v) is 7.59. The maximum absolute atomic E-state index is 13.1. The summed E-state index contributed by atoms with van der Waals surface area (Å²) in [5.41, 5.74) is 3.87. The molecule has 0 spiro atoms. The third kappa shape index (κ3) is 6.71. The van der Waals surface area contributed by atoms with Gasteiger partial charge in [-0.1, -0.05) is 72.8 Å². The molecule has 0 saturated heterocycles. The van der Waals surface area contributed by atoms with Gasteiger partial charge in [-0.05, 0) is 42.7 Å². The van der Waals surface area contributed by atoms with Crippen LogP contribution >= 0.6 is 0 Å². The molecule has 0 bridgehead atoms. The van der Waals surface area contributed by atoms with Gasteiger partial charge in [-0.15, -0.1) is 0 Å². The number of amides is 3. The van der Waals surface area contributed by atoms with Gasteiger partial charge in [-0.2, -0.15) is 0 Å². The maximum Gasteiger partial charge on any atom is 0.322 e. The number of anilines is 1. The van der Waals surface area contributed by atoms with Gasteiger partial charge in [0.15, 0.2) is 0 Å². The Bertz CT molecular complexity index is 990. The highest BCUT2D eigenvalue weighted by molar-refractivity contribution is 5.90. The van der Waals surface area contributed by atoms with Crippen LogP contribution in [0, 0.1) is 6.92 Å². The van der Waals surface area contributed by atoms with E-state index in [1.165, 1.54) is 0 Å². The Hall–Kier alpha value is -3.60. The quantitative estimate of drug-likeness (QED) is 0.525. The molecule has 0 heterocycles. The second kappa shape index (κ2) is 11.0. The molecule has 0 fully saturated rings. The van der Waals surface area contributed by atoms with Crippen molar-refractivity contribution in [1.29, 1.82) is 0 Å². The summed E-state index contributed by atoms with van der Waals surface area (Å²) >= 11 is 0. The summed E-state index contributed by atoms with van der Waals surface area (Å²) in [5, 5.41) is 5.90. The van der Waals surface area contributed by atoms with E-state index in [9.17, 15) is 9.59 Å². The fourth-order valence-corrected chi connectivity index (χ4v) is 3.41. The number of carbonyl (C=O) groups excluding carboxylic acids is 2. The third-order valence-corrected chi connectivity index (χ3v) is 5.19. The van der Waals surface area contributed by atoms with Gasteiger partial charge in [0.2, 0.25) is 5.91 Å². The first-order valence-electron chi connectivity index (χ1n) is 10.5. The summed E-state index contributed by atoms with van der Waals surface area (Å²) < 4.78 is 0. The minimum Gasteiger partial charge on any atom is -0.352 e. The van der Waals surface area contributed by atoms with Crippen molar-refractivity contribution in [1.82, 2.24) is 10.2 Å². The number of nitrogens with zero attached hydrogens (tertiary/aromatic N) is 1. The van der Waals surface area contributed by atoms with Crippen LogP contribution in [0.3, 0.4) is 0 Å². The SMILES string of the molecule is Cc1cccc(NC(=O)N(CCC(=O)NCc2ccccc2)[C@@H](C)c2ccccc2)c1. The van der Waals surface area contributed by atoms with Crippen molar-refractivity contribution >= 4 is 17.6 Å². The average Bonchev–Trinajstić information content (AvgIpc) is 2.79. The van der Waals surface area contributed by atoms with Gasteiger partial charge in [-0.3, -0.25) is 4.79 Å². The zero-order valence-corrected chi connectivity index (χ0v) is 18.0. The molecule has 0 unspecified atom stereocenters. The Morgan fingerprint density at radius 2 is 1.58 bits per heavy atom. The van der Waals surface area contributed by atoms with E-state index in [4.69, 9.17) is 0 Å². The van der Waals surface area contributed by atoms with Crippen LogP contribution in [0.15, 0.2) is 84.9 Å². The van der Waals surface area contributed by atoms with Crippen LogP contribution in [0.25, 0.3) is 0 Å². The highest BCUT2D eigenvalue weighted by Crippen LogP contribution is 2.22. The maximum atomic E-state index is 13.1. The van der Waals surface area contributed by atoms with Crippen molar-refractivity contribution < 1.29 is 9.59 Å². The third-order valence-electron chi connectivity index (χ3n) is 5.19. The second-order valence-electron chi connectivity index (χ2n) is 7.59. The fraction of sp³-hybridized carbons (Fsp3) is 0.231. The van der Waals surface area contributed by atoms with E-state index in [1.54, 1.807) is 4.90 Å². The van der Waals surface area contributed by atoms with Crippen molar-refractivity contribution in [2.45, 2.75) is 32.9 Å². The van der Waals surface area contributed by atoms with E-state index in [2.05, 4.69) is 10.6 Å². The Kier molecular flexibility index (Phi) is 7.82. The lowest BCUT2D eigenvalue weighted by Crippen LogP contribution is -2.39. The molecule has 0 aromatic heterocycles. The largest absolute Gasteiger partial charge is 0.352 e. The molecule has 3 aromatic rings. The van der Waals surface area contributed by atoms with Crippen LogP contribution in [-0.2, 0) is 11.3 Å². The van der Waals surface area contributed by atoms with Gasteiger partial charge in [0.25, 0.3) is 0 Å². The molecule has 3 rings (SSSR count). The zero-order valence-electron chi connectivity index (χ0n) is 18.0. The number of hydrogen-bond donors (Lipinski definition) is 2. The van der Waals surface area contributed by atoms with Crippen molar-refractivity contribution in [3.63, 3.8) is 0 Å². The van der Waals surface area contributed by atoms with Crippen LogP contribution in [0.1, 0.15) is 36.1 Å². The Morgan fingerprint density at radius 1 is 0.903 bits per heavy atom. The van der Waals surface area contributed by atoms with E-state index in [0.717, 1.165) is 22.4 Å². The molecule has 31 heavy (non-hydrogen) atoms. The van der Waals surface area contributed by atoms with Crippen LogP contribution in [0.2, 0.25) is 0 Å². The highest BCUT2D eigenvalue weighted by atomic mass is 16.2. The van der Waals surface area contributed by atoms with Gasteiger partial charge in [0.1, 0.15) is 0 Å². The Labute approximate surface area is 184 Å². The highest BCUT2D eigenvalue weighted by Gasteiger charge is 2.22. The number of benzene rings is 3. The summed E-state index contributed by atoms with van der Waals surface area (Å²) in [6, 6.07) is 26.9. The Morgan fingerprint density at radius 3 is 2.26 bits per heavy atom. The van der Waals surface area contributed by atoms with Gasteiger partial charge in [-0.25, -0.2) is 4.79 Å². The van der Waals surface area contributed by atoms with E-state index < -0.39 is 0 Å². The molecule has 5 nitrogen and oxygen atoms in total. The molecule has 1 atom stereocenters. The monoisotopic (exact) mass is 415 g/mol. The smallest absolute Gasteiger partial charge is 0.322 e. The van der Waals surface area contributed by atoms with E-state index in [-0.39, 0.29) is 24.4 Å². The van der Waals surface area contributed by atoms with Crippen molar-refractivity contribution in [3.05, 3.63) is 102 Å². The molecule has 0 radical (unpaired) electrons. The molecule has 0 aliphatic heterocycles. The van der Waals surface area contributed by atoms with E-state index >= 15 is 0 Å². The number of carbonyl (C=O) groups is 2. The summed E-state index contributed by atoms with van der Waals surface area (Å²) in [6.07, 6.45) is 0.227. The number of rotatable bonds is 8. The minimum absolute atomic E-state index is 0.0857. The standard InChI is InChI=1S/C26H29N3O2/c1-20-10-9-15-24(18-20)28-26(31)29(21(2)23-13-7-4-8-14-23)17-16-25(30)27-19-22-11-5-3-6-12-22/h3-15,18,21H,16-17,19H2,1-2H3,(H,27,30)(H,28,31)/t21-/m0/s1. The lowest BCUT2D eigenvalue weighted by Gasteiger charge is -2.30. The molecular weight excluding hydrogens is 386 g/mol. The molecule has 160 valence electrons. The zero-order chi connectivity index (χ0) is 22.1. The molecule has 0 aliphatic rings. The van der Waals surface area contributed by atoms with Crippen molar-refractivity contribution in [3.8, 4) is 0 Å². The predicted octanol–water partition coefficient (Wildman–Crippen LogP) is 5.30. The normalized spacial score (nSPS) is 11.4. The van der Waals surface area contributed by atoms with Crippen molar-refractivity contribution in [2.24, 2.45) is 0 Å². The number of nitrogens with one attached hydrogen (secondary N) is 2. The summed E-state index contributed by atoms with van der Waals surface area (Å²) in [5.74, 6) is -0.0857. The van der Waals surface area contributed by atoms with Gasteiger partial charge < -0.3 is 15.5 Å². The summed E-state index contributed by atoms with van der Waals surface area (Å²) in [7, 11) is 0. The first-order valence-corrected chi connectivity index (χ1v) is 10.5. The predicted molar refractivity (Wildman–Crippen MR) is 125 cm³/mol. The average molecular weight is 416 g/mol. The first kappa shape index (κ1) is 22.1. The molecule has 0 saturated carbocycles. The lowest BCUT2D eigenvalue weighted by atomic mass is 10.1. The molecular formula is C26H29N3O2. The van der Waals surface area contributed by atoms with E-state index in [1.807, 2.05) is 98.8 Å². The topological polar surface area (TPSA) is 61.4 Å². The summed E-state index contributed by atoms with van der Waals surface area (Å²) in [4.78, 5) is 27.3. The van der Waals surface area contributed by atoms with Gasteiger partial charge in [0.05, 0.1) is 6.04 Å². The molecule has 2 N–H and O–H groups in total. The Balaban J connectivity index is 1.66. The lowest BCUT2D eigenvalue weighted by molar-refractivity contribution is -0.121. The molecule has 3 aromatic carbocycles. The number of hydrogen-bond acceptors (Lipinski definition) is 2. The van der Waals surface area contributed by atoms with Gasteiger partial charge >= 0.3 is 6.03 Å². The first-order chi connectivity index (χ1) is 15.0. The van der Waals surface area contributed by atoms with Gasteiger partial charge in [0, 0.05) is 25.2 Å². The van der Waals surface area contributed by atoms with Crippen molar-refractivity contribution in [2.75, 3.05) is 11.9 Å². The number of urea groups is 1. The molecule has 5 heteroatoms.